The molecule has 0 fully saturated rings. The maximum atomic E-state index is 13.1. The molecule has 0 saturated carbocycles. The average Bonchev–Trinajstić information content (AvgIpc) is 3.12. The Morgan fingerprint density at radius 3 is 2.76 bits per heavy atom. The van der Waals surface area contributed by atoms with Gasteiger partial charge in [-0.25, -0.2) is 4.79 Å². The smallest absolute Gasteiger partial charge is 0.332 e. The molecule has 0 spiro atoms. The molecule has 9 heteroatoms. The number of benzene rings is 1. The predicted molar refractivity (Wildman–Crippen MR) is 110 cm³/mol. The van der Waals surface area contributed by atoms with E-state index in [-0.39, 0.29) is 18.7 Å². The Hall–Kier alpha value is -3.07. The van der Waals surface area contributed by atoms with Crippen LogP contribution in [0.3, 0.4) is 0 Å². The molecule has 0 aliphatic carbocycles. The number of anilines is 2. The molecule has 1 aliphatic rings. The lowest BCUT2D eigenvalue weighted by molar-refractivity contribution is 0.277. The molecule has 0 atom stereocenters. The van der Waals surface area contributed by atoms with E-state index in [1.165, 1.54) is 9.13 Å². The number of aromatic nitrogens is 4. The average molecular weight is 399 g/mol. The monoisotopic (exact) mass is 399 g/mol. The van der Waals surface area contributed by atoms with Crippen LogP contribution in [0.2, 0.25) is 0 Å². The Morgan fingerprint density at radius 1 is 1.24 bits per heavy atom. The normalized spacial score (nSPS) is 13.7. The van der Waals surface area contributed by atoms with Gasteiger partial charge in [0.1, 0.15) is 5.75 Å². The lowest BCUT2D eigenvalue weighted by atomic mass is 10.1. The van der Waals surface area contributed by atoms with Crippen molar-refractivity contribution in [2.75, 3.05) is 25.2 Å². The van der Waals surface area contributed by atoms with E-state index in [1.807, 2.05) is 34.6 Å². The molecule has 4 rings (SSSR count). The van der Waals surface area contributed by atoms with Crippen LogP contribution in [0.5, 0.6) is 5.75 Å². The third-order valence-corrected chi connectivity index (χ3v) is 5.38. The van der Waals surface area contributed by atoms with Crippen molar-refractivity contribution in [3.8, 4) is 5.75 Å². The fraction of sp³-hybridized carbons (Fsp3) is 0.450. The summed E-state index contributed by atoms with van der Waals surface area (Å²) in [5.41, 5.74) is 1.96. The highest BCUT2D eigenvalue weighted by Crippen LogP contribution is 2.37. The first-order valence-corrected chi connectivity index (χ1v) is 9.71. The molecular formula is C20H25N5O4. The minimum absolute atomic E-state index is 0.0843. The first-order chi connectivity index (χ1) is 14.0. The number of nitrogens with zero attached hydrogens (tertiary/aromatic N) is 5. The molecule has 0 unspecified atom stereocenters. The number of aliphatic hydroxyl groups excluding tert-OH is 1. The number of ether oxygens (including phenoxy) is 1. The summed E-state index contributed by atoms with van der Waals surface area (Å²) in [6, 6.07) is 5.94. The number of aliphatic hydroxyl groups is 1. The molecule has 9 nitrogen and oxygen atoms in total. The molecule has 0 bridgehead atoms. The van der Waals surface area contributed by atoms with Gasteiger partial charge in [-0.1, -0.05) is 6.07 Å². The highest BCUT2D eigenvalue weighted by Gasteiger charge is 2.28. The van der Waals surface area contributed by atoms with Crippen molar-refractivity contribution in [2.45, 2.75) is 32.9 Å². The Balaban J connectivity index is 1.97. The number of aryl methyl sites for hydroxylation is 3. The van der Waals surface area contributed by atoms with E-state index in [2.05, 4.69) is 0 Å². The topological polar surface area (TPSA) is 94.5 Å². The Kier molecular flexibility index (Phi) is 4.91. The Labute approximate surface area is 167 Å². The van der Waals surface area contributed by atoms with Gasteiger partial charge in [0.25, 0.3) is 5.56 Å². The van der Waals surface area contributed by atoms with Gasteiger partial charge in [-0.05, 0) is 37.5 Å². The minimum atomic E-state index is -0.425. The second kappa shape index (κ2) is 7.40. The lowest BCUT2D eigenvalue weighted by Crippen LogP contribution is -2.40. The first kappa shape index (κ1) is 19.3. The van der Waals surface area contributed by atoms with Gasteiger partial charge in [0, 0.05) is 33.3 Å². The van der Waals surface area contributed by atoms with Crippen LogP contribution in [0.4, 0.5) is 11.6 Å². The van der Waals surface area contributed by atoms with E-state index in [0.29, 0.717) is 30.1 Å². The van der Waals surface area contributed by atoms with E-state index >= 15 is 0 Å². The number of hydrogen-bond donors (Lipinski definition) is 1. The van der Waals surface area contributed by atoms with Crippen molar-refractivity contribution >= 4 is 22.8 Å². The zero-order chi connectivity index (χ0) is 20.7. The van der Waals surface area contributed by atoms with Crippen molar-refractivity contribution < 1.29 is 9.84 Å². The Morgan fingerprint density at radius 2 is 2.03 bits per heavy atom. The van der Waals surface area contributed by atoms with Crippen molar-refractivity contribution in [3.05, 3.63) is 44.6 Å². The van der Waals surface area contributed by atoms with Crippen LogP contribution in [0.1, 0.15) is 18.4 Å². The number of imidazole rings is 1. The van der Waals surface area contributed by atoms with Gasteiger partial charge in [-0.2, -0.15) is 4.98 Å². The van der Waals surface area contributed by atoms with E-state index in [0.717, 1.165) is 30.0 Å². The summed E-state index contributed by atoms with van der Waals surface area (Å²) in [6.07, 6.45) is 1.17. The SMILES string of the molecule is COc1ccc(C)cc1N1CCCn2c1nc1c2c(=O)n(CCCO)c(=O)n1C. The largest absolute Gasteiger partial charge is 0.495 e. The maximum absolute atomic E-state index is 13.1. The van der Waals surface area contributed by atoms with Crippen LogP contribution in [0, 0.1) is 6.92 Å². The molecule has 1 aliphatic heterocycles. The Bertz CT molecular complexity index is 1190. The van der Waals surface area contributed by atoms with Crippen molar-refractivity contribution in [2.24, 2.45) is 7.05 Å². The summed E-state index contributed by atoms with van der Waals surface area (Å²) in [4.78, 5) is 32.5. The first-order valence-electron chi connectivity index (χ1n) is 9.71. The van der Waals surface area contributed by atoms with E-state index in [4.69, 9.17) is 14.8 Å². The maximum Gasteiger partial charge on any atom is 0.332 e. The molecule has 2 aromatic heterocycles. The minimum Gasteiger partial charge on any atom is -0.495 e. The van der Waals surface area contributed by atoms with E-state index in [1.54, 1.807) is 14.2 Å². The summed E-state index contributed by atoms with van der Waals surface area (Å²) < 4.78 is 10.0. The zero-order valence-corrected chi connectivity index (χ0v) is 16.9. The highest BCUT2D eigenvalue weighted by molar-refractivity contribution is 5.78. The van der Waals surface area contributed by atoms with Crippen LogP contribution in [0.25, 0.3) is 11.2 Å². The van der Waals surface area contributed by atoms with Gasteiger partial charge >= 0.3 is 5.69 Å². The number of methoxy groups -OCH3 is 1. The van der Waals surface area contributed by atoms with Gasteiger partial charge < -0.3 is 19.3 Å². The van der Waals surface area contributed by atoms with Crippen LogP contribution in [0.15, 0.2) is 27.8 Å². The molecule has 29 heavy (non-hydrogen) atoms. The second-order valence-electron chi connectivity index (χ2n) is 7.29. The molecular weight excluding hydrogens is 374 g/mol. The molecule has 3 aromatic rings. The summed E-state index contributed by atoms with van der Waals surface area (Å²) in [5.74, 6) is 1.35. The predicted octanol–water partition coefficient (Wildman–Crippen LogP) is 1.14. The third-order valence-electron chi connectivity index (χ3n) is 5.38. The van der Waals surface area contributed by atoms with Crippen LogP contribution in [-0.4, -0.2) is 44.1 Å². The third kappa shape index (κ3) is 3.02. The van der Waals surface area contributed by atoms with E-state index < -0.39 is 5.69 Å². The molecule has 1 N–H and O–H groups in total. The van der Waals surface area contributed by atoms with Crippen molar-refractivity contribution in [1.29, 1.82) is 0 Å². The van der Waals surface area contributed by atoms with Crippen molar-refractivity contribution in [1.82, 2.24) is 18.7 Å². The quantitative estimate of drug-likeness (QED) is 0.691. The number of fused-ring (bicyclic) bond motifs is 3. The fourth-order valence-electron chi connectivity index (χ4n) is 3.93. The summed E-state index contributed by atoms with van der Waals surface area (Å²) in [6.45, 7) is 3.48. The molecule has 1 aromatic carbocycles. The second-order valence-corrected chi connectivity index (χ2v) is 7.29. The van der Waals surface area contributed by atoms with Crippen LogP contribution < -0.4 is 20.9 Å². The van der Waals surface area contributed by atoms with Gasteiger partial charge in [-0.3, -0.25) is 13.9 Å². The summed E-state index contributed by atoms with van der Waals surface area (Å²) >= 11 is 0. The van der Waals surface area contributed by atoms with Gasteiger partial charge in [0.15, 0.2) is 11.2 Å². The van der Waals surface area contributed by atoms with Crippen LogP contribution >= 0.6 is 0 Å². The number of hydrogen-bond acceptors (Lipinski definition) is 6. The van der Waals surface area contributed by atoms with Gasteiger partial charge in [-0.15, -0.1) is 0 Å². The lowest BCUT2D eigenvalue weighted by Gasteiger charge is -2.30. The van der Waals surface area contributed by atoms with Gasteiger partial charge in [0.2, 0.25) is 5.95 Å². The van der Waals surface area contributed by atoms with Gasteiger partial charge in [0.05, 0.1) is 12.8 Å². The molecule has 3 heterocycles. The van der Waals surface area contributed by atoms with Crippen LogP contribution in [-0.2, 0) is 20.1 Å². The standard InChI is InChI=1S/C20H25N5O4/c1-13-6-7-15(29-3)14(12-13)23-8-4-9-24-16-17(21-19(23)24)22(2)20(28)25(18(16)27)10-5-11-26/h6-7,12,26H,4-5,8-11H2,1-3H3. The summed E-state index contributed by atoms with van der Waals surface area (Å²) in [5, 5.41) is 9.12. The molecule has 154 valence electrons. The summed E-state index contributed by atoms with van der Waals surface area (Å²) in [7, 11) is 3.25. The number of rotatable bonds is 5. The van der Waals surface area contributed by atoms with E-state index in [9.17, 15) is 9.59 Å². The highest BCUT2D eigenvalue weighted by atomic mass is 16.5. The zero-order valence-electron chi connectivity index (χ0n) is 16.9. The molecule has 0 amide bonds. The fourth-order valence-corrected chi connectivity index (χ4v) is 3.93. The molecule has 0 saturated heterocycles. The van der Waals surface area contributed by atoms with Crippen molar-refractivity contribution in [3.63, 3.8) is 0 Å². The molecule has 0 radical (unpaired) electrons.